The molecule has 4 rings (SSSR count). The lowest BCUT2D eigenvalue weighted by Crippen LogP contribution is -2.50. The normalized spacial score (nSPS) is 16.6. The van der Waals surface area contributed by atoms with E-state index < -0.39 is 23.2 Å². The molecule has 2 aromatic rings. The van der Waals surface area contributed by atoms with Gasteiger partial charge in [-0.2, -0.15) is 0 Å². The lowest BCUT2D eigenvalue weighted by atomic mass is 10.1. The summed E-state index contributed by atoms with van der Waals surface area (Å²) >= 11 is 0. The highest BCUT2D eigenvalue weighted by Gasteiger charge is 2.38. The Bertz CT molecular complexity index is 1020. The summed E-state index contributed by atoms with van der Waals surface area (Å²) in [6, 6.07) is 10.6. The van der Waals surface area contributed by atoms with Crippen molar-refractivity contribution in [3.63, 3.8) is 0 Å². The van der Waals surface area contributed by atoms with Crippen LogP contribution in [0.2, 0.25) is 0 Å². The van der Waals surface area contributed by atoms with Gasteiger partial charge in [-0.3, -0.25) is 9.59 Å². The number of hydrogen-bond acceptors (Lipinski definition) is 5. The number of hydrogen-bond donors (Lipinski definition) is 0. The minimum atomic E-state index is -0.580. The van der Waals surface area contributed by atoms with E-state index in [0.717, 1.165) is 4.90 Å². The highest BCUT2D eigenvalue weighted by Crippen LogP contribution is 2.36. The van der Waals surface area contributed by atoms with E-state index >= 15 is 0 Å². The number of carbonyl (C=O) groups excluding carboxylic acids is 3. The largest absolute Gasteiger partial charge is 0.444 e. The van der Waals surface area contributed by atoms with Crippen molar-refractivity contribution in [1.29, 1.82) is 0 Å². The number of fused-ring (bicyclic) bond motifs is 1. The van der Waals surface area contributed by atoms with Gasteiger partial charge in [-0.1, -0.05) is 12.1 Å². The molecule has 8 heteroatoms. The zero-order valence-corrected chi connectivity index (χ0v) is 17.7. The monoisotopic (exact) mass is 425 g/mol. The smallest absolute Gasteiger partial charge is 0.410 e. The van der Waals surface area contributed by atoms with Gasteiger partial charge >= 0.3 is 6.09 Å². The average molecular weight is 425 g/mol. The Morgan fingerprint density at radius 2 is 1.48 bits per heavy atom. The van der Waals surface area contributed by atoms with Crippen LogP contribution in [-0.2, 0) is 4.74 Å². The standard InChI is InChI=1S/C23H24FN3O4/c1-23(2,3)31-22(30)26-12-10-25(11-13-26)18-9-8-15(24)14-19(18)27-20(28)16-6-4-5-7-17(16)21(27)29/h4-9,14H,10-13H2,1-3H3. The van der Waals surface area contributed by atoms with Crippen molar-refractivity contribution in [2.75, 3.05) is 36.0 Å². The molecule has 0 unspecified atom stereocenters. The van der Waals surface area contributed by atoms with Crippen LogP contribution in [0.4, 0.5) is 20.6 Å². The molecular weight excluding hydrogens is 401 g/mol. The Hall–Kier alpha value is -3.42. The molecule has 0 atom stereocenters. The van der Waals surface area contributed by atoms with Gasteiger partial charge in [0.2, 0.25) is 0 Å². The molecule has 2 aliphatic heterocycles. The number of carbonyl (C=O) groups is 3. The van der Waals surface area contributed by atoms with E-state index in [2.05, 4.69) is 0 Å². The van der Waals surface area contributed by atoms with Gasteiger partial charge in [-0.05, 0) is 45.0 Å². The van der Waals surface area contributed by atoms with E-state index in [4.69, 9.17) is 4.74 Å². The number of rotatable bonds is 2. The Balaban J connectivity index is 1.58. The molecule has 0 N–H and O–H groups in total. The molecule has 31 heavy (non-hydrogen) atoms. The summed E-state index contributed by atoms with van der Waals surface area (Å²) in [6.45, 7) is 7.18. The van der Waals surface area contributed by atoms with E-state index in [9.17, 15) is 18.8 Å². The summed E-state index contributed by atoms with van der Waals surface area (Å²) < 4.78 is 19.6. The molecule has 0 radical (unpaired) electrons. The van der Waals surface area contributed by atoms with Crippen LogP contribution in [-0.4, -0.2) is 54.6 Å². The van der Waals surface area contributed by atoms with Gasteiger partial charge in [0.15, 0.2) is 0 Å². The van der Waals surface area contributed by atoms with E-state index in [1.807, 2.05) is 25.7 Å². The van der Waals surface area contributed by atoms with E-state index in [1.165, 1.54) is 12.1 Å². The summed E-state index contributed by atoms with van der Waals surface area (Å²) in [4.78, 5) is 42.8. The molecule has 2 aromatic carbocycles. The molecule has 162 valence electrons. The number of benzene rings is 2. The highest BCUT2D eigenvalue weighted by atomic mass is 19.1. The highest BCUT2D eigenvalue weighted by molar-refractivity contribution is 6.35. The molecule has 0 saturated carbocycles. The summed E-state index contributed by atoms with van der Waals surface area (Å²) in [5.74, 6) is -1.48. The molecular formula is C23H24FN3O4. The van der Waals surface area contributed by atoms with Gasteiger partial charge in [-0.25, -0.2) is 14.1 Å². The fraction of sp³-hybridized carbons (Fsp3) is 0.348. The van der Waals surface area contributed by atoms with Crippen molar-refractivity contribution in [1.82, 2.24) is 4.90 Å². The Labute approximate surface area is 180 Å². The molecule has 3 amide bonds. The molecule has 1 fully saturated rings. The zero-order valence-electron chi connectivity index (χ0n) is 17.7. The van der Waals surface area contributed by atoms with Gasteiger partial charge in [0.1, 0.15) is 11.4 Å². The molecule has 2 aliphatic rings. The van der Waals surface area contributed by atoms with Crippen LogP contribution in [0, 0.1) is 5.82 Å². The molecule has 0 bridgehead atoms. The molecule has 2 heterocycles. The second kappa shape index (κ2) is 7.68. The average Bonchev–Trinajstić information content (AvgIpc) is 2.97. The quantitative estimate of drug-likeness (QED) is 0.687. The molecule has 0 spiro atoms. The fourth-order valence-electron chi connectivity index (χ4n) is 3.81. The second-order valence-corrected chi connectivity index (χ2v) is 8.58. The first-order valence-electron chi connectivity index (χ1n) is 10.2. The predicted octanol–water partition coefficient (Wildman–Crippen LogP) is 3.68. The van der Waals surface area contributed by atoms with Gasteiger partial charge < -0.3 is 14.5 Å². The van der Waals surface area contributed by atoms with Crippen LogP contribution >= 0.6 is 0 Å². The summed E-state index contributed by atoms with van der Waals surface area (Å²) in [7, 11) is 0. The second-order valence-electron chi connectivity index (χ2n) is 8.58. The number of amides is 3. The summed E-state index contributed by atoms with van der Waals surface area (Å²) in [5, 5.41) is 0. The lowest BCUT2D eigenvalue weighted by molar-refractivity contribution is 0.0240. The third-order valence-electron chi connectivity index (χ3n) is 5.24. The minimum Gasteiger partial charge on any atom is -0.444 e. The van der Waals surface area contributed by atoms with Crippen LogP contribution in [0.1, 0.15) is 41.5 Å². The third-order valence-corrected chi connectivity index (χ3v) is 5.24. The van der Waals surface area contributed by atoms with Crippen molar-refractivity contribution in [3.8, 4) is 0 Å². The first-order valence-corrected chi connectivity index (χ1v) is 10.2. The van der Waals surface area contributed by atoms with Gasteiger partial charge in [0, 0.05) is 32.2 Å². The van der Waals surface area contributed by atoms with Crippen molar-refractivity contribution >= 4 is 29.3 Å². The first kappa shape index (κ1) is 20.8. The first-order chi connectivity index (χ1) is 14.7. The number of halogens is 1. The maximum absolute atomic E-state index is 14.1. The number of nitrogens with zero attached hydrogens (tertiary/aromatic N) is 3. The number of piperazine rings is 1. The summed E-state index contributed by atoms with van der Waals surface area (Å²) in [5.41, 5.74) is 0.802. The van der Waals surface area contributed by atoms with E-state index in [1.54, 1.807) is 35.2 Å². The Kier molecular flexibility index (Phi) is 5.16. The third kappa shape index (κ3) is 3.97. The SMILES string of the molecule is CC(C)(C)OC(=O)N1CCN(c2ccc(F)cc2N2C(=O)c3ccccc3C2=O)CC1. The van der Waals surface area contributed by atoms with Crippen molar-refractivity contribution in [2.24, 2.45) is 0 Å². The van der Waals surface area contributed by atoms with Crippen molar-refractivity contribution in [3.05, 3.63) is 59.4 Å². The molecule has 1 saturated heterocycles. The van der Waals surface area contributed by atoms with E-state index in [0.29, 0.717) is 43.0 Å². The number of anilines is 2. The number of ether oxygens (including phenoxy) is 1. The van der Waals surface area contributed by atoms with Crippen LogP contribution in [0.5, 0.6) is 0 Å². The van der Waals surface area contributed by atoms with Crippen LogP contribution in [0.15, 0.2) is 42.5 Å². The maximum Gasteiger partial charge on any atom is 0.410 e. The van der Waals surface area contributed by atoms with Crippen LogP contribution in [0.25, 0.3) is 0 Å². The molecule has 0 aliphatic carbocycles. The van der Waals surface area contributed by atoms with Gasteiger partial charge in [-0.15, -0.1) is 0 Å². The maximum atomic E-state index is 14.1. The predicted molar refractivity (Wildman–Crippen MR) is 114 cm³/mol. The Morgan fingerprint density at radius 3 is 2.03 bits per heavy atom. The van der Waals surface area contributed by atoms with Crippen molar-refractivity contribution in [2.45, 2.75) is 26.4 Å². The summed E-state index contributed by atoms with van der Waals surface area (Å²) in [6.07, 6.45) is -0.383. The number of imide groups is 1. The lowest BCUT2D eigenvalue weighted by Gasteiger charge is -2.38. The topological polar surface area (TPSA) is 70.2 Å². The van der Waals surface area contributed by atoms with Crippen molar-refractivity contribution < 1.29 is 23.5 Å². The fourth-order valence-corrected chi connectivity index (χ4v) is 3.81. The molecule has 0 aromatic heterocycles. The van der Waals surface area contributed by atoms with Gasteiger partial charge in [0.05, 0.1) is 22.5 Å². The Morgan fingerprint density at radius 1 is 0.903 bits per heavy atom. The van der Waals surface area contributed by atoms with Gasteiger partial charge in [0.25, 0.3) is 11.8 Å². The van der Waals surface area contributed by atoms with Crippen LogP contribution < -0.4 is 9.80 Å². The zero-order chi connectivity index (χ0) is 22.3. The van der Waals surface area contributed by atoms with Crippen LogP contribution in [0.3, 0.4) is 0 Å². The van der Waals surface area contributed by atoms with E-state index in [-0.39, 0.29) is 11.8 Å². The molecule has 7 nitrogen and oxygen atoms in total. The minimum absolute atomic E-state index is 0.205.